The van der Waals surface area contributed by atoms with Crippen LogP contribution >= 0.6 is 0 Å². The van der Waals surface area contributed by atoms with Crippen molar-refractivity contribution in [3.8, 4) is 11.3 Å². The molecule has 0 radical (unpaired) electrons. The minimum Gasteiger partial charge on any atom is -0.290 e. The Bertz CT molecular complexity index is 607. The Labute approximate surface area is 86.0 Å². The SMILES string of the molecule is Cn1cc(-c2cc3nccn3cn2)cn1. The lowest BCUT2D eigenvalue weighted by Crippen LogP contribution is -1.88. The first-order chi connectivity index (χ1) is 7.33. The van der Waals surface area contributed by atoms with Crippen LogP contribution in [0.15, 0.2) is 37.2 Å². The number of nitrogens with zero attached hydrogens (tertiary/aromatic N) is 5. The lowest BCUT2D eigenvalue weighted by atomic mass is 10.2. The quantitative estimate of drug-likeness (QED) is 0.590. The molecule has 0 aliphatic rings. The van der Waals surface area contributed by atoms with Crippen LogP contribution in [0.4, 0.5) is 0 Å². The van der Waals surface area contributed by atoms with Crippen molar-refractivity contribution in [1.82, 2.24) is 24.1 Å². The molecule has 5 nitrogen and oxygen atoms in total. The second-order valence-electron chi connectivity index (χ2n) is 3.37. The van der Waals surface area contributed by atoms with Crippen LogP contribution in [0.3, 0.4) is 0 Å². The Kier molecular flexibility index (Phi) is 1.58. The normalized spacial score (nSPS) is 11.0. The predicted octanol–water partition coefficient (Wildman–Crippen LogP) is 1.13. The van der Waals surface area contributed by atoms with Crippen LogP contribution in [0.5, 0.6) is 0 Å². The molecule has 5 heteroatoms. The smallest absolute Gasteiger partial charge is 0.140 e. The molecular formula is C10H9N5. The molecule has 0 fully saturated rings. The molecule has 3 aromatic heterocycles. The number of hydrogen-bond acceptors (Lipinski definition) is 3. The number of fused-ring (bicyclic) bond motifs is 1. The Hall–Kier alpha value is -2.17. The van der Waals surface area contributed by atoms with Gasteiger partial charge in [-0.15, -0.1) is 0 Å². The van der Waals surface area contributed by atoms with Crippen LogP contribution in [0.1, 0.15) is 0 Å². The van der Waals surface area contributed by atoms with Gasteiger partial charge in [0.15, 0.2) is 0 Å². The molecule has 3 rings (SSSR count). The van der Waals surface area contributed by atoms with Crippen molar-refractivity contribution in [3.05, 3.63) is 37.2 Å². The van der Waals surface area contributed by atoms with Crippen LogP contribution in [0.25, 0.3) is 16.9 Å². The lowest BCUT2D eigenvalue weighted by Gasteiger charge is -1.96. The van der Waals surface area contributed by atoms with E-state index in [0.29, 0.717) is 0 Å². The van der Waals surface area contributed by atoms with Gasteiger partial charge in [0.2, 0.25) is 0 Å². The first kappa shape index (κ1) is 8.16. The van der Waals surface area contributed by atoms with Crippen LogP contribution in [-0.2, 0) is 7.05 Å². The van der Waals surface area contributed by atoms with Crippen molar-refractivity contribution >= 4 is 5.65 Å². The highest BCUT2D eigenvalue weighted by Crippen LogP contribution is 2.16. The van der Waals surface area contributed by atoms with Gasteiger partial charge in [-0.05, 0) is 0 Å². The van der Waals surface area contributed by atoms with Gasteiger partial charge in [-0.1, -0.05) is 0 Å². The number of imidazole rings is 1. The fourth-order valence-corrected chi connectivity index (χ4v) is 1.53. The molecule has 0 unspecified atom stereocenters. The number of aromatic nitrogens is 5. The number of rotatable bonds is 1. The zero-order valence-electron chi connectivity index (χ0n) is 8.20. The average molecular weight is 199 g/mol. The summed E-state index contributed by atoms with van der Waals surface area (Å²) in [5.74, 6) is 0. The van der Waals surface area contributed by atoms with Crippen LogP contribution in [-0.4, -0.2) is 24.1 Å². The maximum absolute atomic E-state index is 4.33. The van der Waals surface area contributed by atoms with Crippen LogP contribution < -0.4 is 0 Å². The summed E-state index contributed by atoms with van der Waals surface area (Å²) in [5, 5.41) is 4.11. The molecule has 0 saturated carbocycles. The molecule has 0 amide bonds. The van der Waals surface area contributed by atoms with Crippen LogP contribution in [0, 0.1) is 0 Å². The Morgan fingerprint density at radius 2 is 2.20 bits per heavy atom. The molecule has 0 spiro atoms. The third-order valence-electron chi connectivity index (χ3n) is 2.29. The summed E-state index contributed by atoms with van der Waals surface area (Å²) in [6.45, 7) is 0. The number of aryl methyl sites for hydroxylation is 1. The summed E-state index contributed by atoms with van der Waals surface area (Å²) in [6, 6.07) is 1.94. The Morgan fingerprint density at radius 3 is 3.00 bits per heavy atom. The van der Waals surface area contributed by atoms with E-state index in [4.69, 9.17) is 0 Å². The molecule has 3 aromatic rings. The second-order valence-corrected chi connectivity index (χ2v) is 3.37. The maximum atomic E-state index is 4.33. The molecule has 0 aromatic carbocycles. The van der Waals surface area contributed by atoms with E-state index in [9.17, 15) is 0 Å². The molecule has 74 valence electrons. The summed E-state index contributed by atoms with van der Waals surface area (Å²) in [5.41, 5.74) is 2.79. The minimum atomic E-state index is 0.891. The van der Waals surface area contributed by atoms with Crippen molar-refractivity contribution in [2.24, 2.45) is 7.05 Å². The molecule has 0 aliphatic carbocycles. The average Bonchev–Trinajstić information content (AvgIpc) is 2.84. The topological polar surface area (TPSA) is 48.0 Å². The second kappa shape index (κ2) is 2.91. The van der Waals surface area contributed by atoms with Crippen molar-refractivity contribution in [2.45, 2.75) is 0 Å². The van der Waals surface area contributed by atoms with Crippen LogP contribution in [0.2, 0.25) is 0 Å². The highest BCUT2D eigenvalue weighted by atomic mass is 15.2. The van der Waals surface area contributed by atoms with E-state index >= 15 is 0 Å². The van der Waals surface area contributed by atoms with E-state index in [0.717, 1.165) is 16.9 Å². The standard InChI is InChI=1S/C10H9N5/c1-14-6-8(5-13-14)9-4-10-11-2-3-15(10)7-12-9/h2-7H,1H3. The monoisotopic (exact) mass is 199 g/mol. The van der Waals surface area contributed by atoms with E-state index in [1.807, 2.05) is 29.9 Å². The highest BCUT2D eigenvalue weighted by Gasteiger charge is 2.03. The first-order valence-electron chi connectivity index (χ1n) is 4.61. The summed E-state index contributed by atoms with van der Waals surface area (Å²) in [4.78, 5) is 8.54. The van der Waals surface area contributed by atoms with E-state index in [-0.39, 0.29) is 0 Å². The number of hydrogen-bond donors (Lipinski definition) is 0. The molecular weight excluding hydrogens is 190 g/mol. The van der Waals surface area contributed by atoms with E-state index in [1.165, 1.54) is 0 Å². The van der Waals surface area contributed by atoms with Gasteiger partial charge in [0.05, 0.1) is 11.9 Å². The van der Waals surface area contributed by atoms with Crippen molar-refractivity contribution in [2.75, 3.05) is 0 Å². The van der Waals surface area contributed by atoms with E-state index in [2.05, 4.69) is 15.1 Å². The maximum Gasteiger partial charge on any atom is 0.140 e. The molecule has 3 heterocycles. The summed E-state index contributed by atoms with van der Waals surface area (Å²) >= 11 is 0. The summed E-state index contributed by atoms with van der Waals surface area (Å²) < 4.78 is 3.63. The zero-order chi connectivity index (χ0) is 10.3. The third-order valence-corrected chi connectivity index (χ3v) is 2.29. The minimum absolute atomic E-state index is 0.891. The van der Waals surface area contributed by atoms with Gasteiger partial charge in [0.25, 0.3) is 0 Å². The van der Waals surface area contributed by atoms with Crippen molar-refractivity contribution in [1.29, 1.82) is 0 Å². The van der Waals surface area contributed by atoms with Gasteiger partial charge in [-0.2, -0.15) is 5.10 Å². The van der Waals surface area contributed by atoms with Gasteiger partial charge in [0.1, 0.15) is 12.0 Å². The molecule has 15 heavy (non-hydrogen) atoms. The zero-order valence-corrected chi connectivity index (χ0v) is 8.20. The Morgan fingerprint density at radius 1 is 1.27 bits per heavy atom. The Balaban J connectivity index is 2.18. The van der Waals surface area contributed by atoms with Gasteiger partial charge in [-0.3, -0.25) is 9.08 Å². The van der Waals surface area contributed by atoms with Gasteiger partial charge in [0, 0.05) is 37.3 Å². The predicted molar refractivity (Wildman–Crippen MR) is 55.2 cm³/mol. The molecule has 0 saturated heterocycles. The molecule has 0 bridgehead atoms. The first-order valence-corrected chi connectivity index (χ1v) is 4.61. The van der Waals surface area contributed by atoms with E-state index in [1.54, 1.807) is 23.4 Å². The largest absolute Gasteiger partial charge is 0.290 e. The summed E-state index contributed by atoms with van der Waals surface area (Å²) in [7, 11) is 1.89. The molecule has 0 N–H and O–H groups in total. The van der Waals surface area contributed by atoms with Gasteiger partial charge >= 0.3 is 0 Å². The fraction of sp³-hybridized carbons (Fsp3) is 0.100. The van der Waals surface area contributed by atoms with Gasteiger partial charge in [-0.25, -0.2) is 9.97 Å². The molecule has 0 atom stereocenters. The highest BCUT2D eigenvalue weighted by molar-refractivity contribution is 5.61. The van der Waals surface area contributed by atoms with Gasteiger partial charge < -0.3 is 0 Å². The van der Waals surface area contributed by atoms with E-state index < -0.39 is 0 Å². The van der Waals surface area contributed by atoms with Crippen molar-refractivity contribution < 1.29 is 0 Å². The fourth-order valence-electron chi connectivity index (χ4n) is 1.53. The summed E-state index contributed by atoms with van der Waals surface area (Å²) in [6.07, 6.45) is 9.10. The third kappa shape index (κ3) is 1.28. The molecule has 0 aliphatic heterocycles. The van der Waals surface area contributed by atoms with Crippen molar-refractivity contribution in [3.63, 3.8) is 0 Å². The lowest BCUT2D eigenvalue weighted by molar-refractivity contribution is 0.768.